The standard InChI is InChI=1S/C23H22BNO3/c1-22(2)23(3,4)28-24(27-22)16-12-15(13-25-14-16)17-9-7-11-20-21(17)18-8-5-6-10-19(18)26-20/h5-14H,1-4H3. The lowest BCUT2D eigenvalue weighted by Gasteiger charge is -2.32. The lowest BCUT2D eigenvalue weighted by atomic mass is 9.79. The summed E-state index contributed by atoms with van der Waals surface area (Å²) >= 11 is 0. The third-order valence-electron chi connectivity index (χ3n) is 6.00. The summed E-state index contributed by atoms with van der Waals surface area (Å²) < 4.78 is 18.4. The van der Waals surface area contributed by atoms with Gasteiger partial charge in [0.2, 0.25) is 0 Å². The number of benzene rings is 2. The van der Waals surface area contributed by atoms with Crippen molar-refractivity contribution in [1.82, 2.24) is 4.98 Å². The molecule has 3 heterocycles. The summed E-state index contributed by atoms with van der Waals surface area (Å²) in [6.45, 7) is 8.23. The van der Waals surface area contributed by atoms with Crippen molar-refractivity contribution in [3.8, 4) is 11.1 Å². The first-order valence-electron chi connectivity index (χ1n) is 9.57. The van der Waals surface area contributed by atoms with Crippen LogP contribution in [0, 0.1) is 0 Å². The number of pyridine rings is 1. The molecule has 5 rings (SSSR count). The Labute approximate surface area is 164 Å². The van der Waals surface area contributed by atoms with Crippen LogP contribution in [0.2, 0.25) is 0 Å². The lowest BCUT2D eigenvalue weighted by molar-refractivity contribution is 0.00578. The largest absolute Gasteiger partial charge is 0.496 e. The molecule has 0 N–H and O–H groups in total. The minimum absolute atomic E-state index is 0.381. The van der Waals surface area contributed by atoms with Crippen LogP contribution in [0.4, 0.5) is 0 Å². The molecule has 0 saturated carbocycles. The SMILES string of the molecule is CC1(C)OB(c2cncc(-c3cccc4oc5ccccc5c34)c2)OC1(C)C. The molecule has 0 amide bonds. The molecule has 0 atom stereocenters. The Bertz CT molecular complexity index is 1180. The first-order chi connectivity index (χ1) is 13.4. The van der Waals surface area contributed by atoms with E-state index in [1.165, 1.54) is 0 Å². The molecule has 0 bridgehead atoms. The molecule has 28 heavy (non-hydrogen) atoms. The Kier molecular flexibility index (Phi) is 3.70. The van der Waals surface area contributed by atoms with E-state index in [1.54, 1.807) is 0 Å². The fourth-order valence-electron chi connectivity index (χ4n) is 3.73. The summed E-state index contributed by atoms with van der Waals surface area (Å²) in [5.41, 5.74) is 4.03. The summed E-state index contributed by atoms with van der Waals surface area (Å²) in [5.74, 6) is 0. The van der Waals surface area contributed by atoms with E-state index < -0.39 is 7.12 Å². The highest BCUT2D eigenvalue weighted by Crippen LogP contribution is 2.38. The zero-order valence-corrected chi connectivity index (χ0v) is 16.5. The van der Waals surface area contributed by atoms with Crippen molar-refractivity contribution in [2.24, 2.45) is 0 Å². The average Bonchev–Trinajstić information content (AvgIpc) is 3.15. The van der Waals surface area contributed by atoms with Crippen LogP contribution >= 0.6 is 0 Å². The van der Waals surface area contributed by atoms with Crippen molar-refractivity contribution in [2.45, 2.75) is 38.9 Å². The molecular weight excluding hydrogens is 349 g/mol. The van der Waals surface area contributed by atoms with Crippen LogP contribution in [0.5, 0.6) is 0 Å². The van der Waals surface area contributed by atoms with Gasteiger partial charge in [-0.15, -0.1) is 0 Å². The summed E-state index contributed by atoms with van der Waals surface area (Å²) in [6, 6.07) is 16.3. The van der Waals surface area contributed by atoms with Gasteiger partial charge >= 0.3 is 7.12 Å². The number of aromatic nitrogens is 1. The van der Waals surface area contributed by atoms with E-state index >= 15 is 0 Å². The van der Waals surface area contributed by atoms with Crippen LogP contribution < -0.4 is 5.46 Å². The molecular formula is C23H22BNO3. The van der Waals surface area contributed by atoms with Gasteiger partial charge in [-0.3, -0.25) is 4.98 Å². The van der Waals surface area contributed by atoms with Crippen LogP contribution in [-0.2, 0) is 9.31 Å². The van der Waals surface area contributed by atoms with Gasteiger partial charge in [-0.2, -0.15) is 0 Å². The number of hydrogen-bond donors (Lipinski definition) is 0. The second kappa shape index (κ2) is 5.93. The summed E-state index contributed by atoms with van der Waals surface area (Å²) in [6.07, 6.45) is 3.70. The van der Waals surface area contributed by atoms with Crippen molar-refractivity contribution < 1.29 is 13.7 Å². The normalized spacial score (nSPS) is 18.2. The molecule has 1 aliphatic rings. The van der Waals surface area contributed by atoms with Crippen molar-refractivity contribution in [1.29, 1.82) is 0 Å². The van der Waals surface area contributed by atoms with E-state index in [9.17, 15) is 0 Å². The topological polar surface area (TPSA) is 44.5 Å². The van der Waals surface area contributed by atoms with E-state index in [2.05, 4.69) is 50.9 Å². The number of rotatable bonds is 2. The first kappa shape index (κ1) is 17.5. The van der Waals surface area contributed by atoms with E-state index in [0.717, 1.165) is 38.5 Å². The van der Waals surface area contributed by atoms with Gasteiger partial charge in [-0.25, -0.2) is 0 Å². The Morgan fingerprint density at radius 1 is 0.821 bits per heavy atom. The molecule has 2 aromatic carbocycles. The van der Waals surface area contributed by atoms with Gasteiger partial charge in [0.25, 0.3) is 0 Å². The Hall–Kier alpha value is -2.63. The van der Waals surface area contributed by atoms with Crippen LogP contribution in [0.3, 0.4) is 0 Å². The van der Waals surface area contributed by atoms with Crippen LogP contribution in [0.15, 0.2) is 65.3 Å². The van der Waals surface area contributed by atoms with Gasteiger partial charge < -0.3 is 13.7 Å². The maximum atomic E-state index is 6.20. The number of para-hydroxylation sites is 1. The fraction of sp³-hybridized carbons (Fsp3) is 0.261. The van der Waals surface area contributed by atoms with Crippen molar-refractivity contribution >= 4 is 34.5 Å². The van der Waals surface area contributed by atoms with E-state index in [4.69, 9.17) is 13.7 Å². The van der Waals surface area contributed by atoms with E-state index in [0.29, 0.717) is 0 Å². The fourth-order valence-corrected chi connectivity index (χ4v) is 3.73. The minimum Gasteiger partial charge on any atom is -0.456 e. The van der Waals surface area contributed by atoms with Gasteiger partial charge in [-0.1, -0.05) is 36.4 Å². The van der Waals surface area contributed by atoms with Gasteiger partial charge in [0.15, 0.2) is 0 Å². The highest BCUT2D eigenvalue weighted by Gasteiger charge is 2.51. The second-order valence-corrected chi connectivity index (χ2v) is 8.37. The quantitative estimate of drug-likeness (QED) is 0.468. The van der Waals surface area contributed by atoms with Crippen molar-refractivity contribution in [2.75, 3.05) is 0 Å². The number of furan rings is 1. The lowest BCUT2D eigenvalue weighted by Crippen LogP contribution is -2.41. The Morgan fingerprint density at radius 3 is 2.32 bits per heavy atom. The molecule has 2 aromatic heterocycles. The number of fused-ring (bicyclic) bond motifs is 3. The summed E-state index contributed by atoms with van der Waals surface area (Å²) in [4.78, 5) is 4.48. The summed E-state index contributed by atoms with van der Waals surface area (Å²) in [5, 5.41) is 2.21. The summed E-state index contributed by atoms with van der Waals surface area (Å²) in [7, 11) is -0.433. The molecule has 1 aliphatic heterocycles. The maximum Gasteiger partial charge on any atom is 0.496 e. The predicted octanol–water partition coefficient (Wildman–Crippen LogP) is 4.95. The average molecular weight is 371 g/mol. The monoisotopic (exact) mass is 371 g/mol. The van der Waals surface area contributed by atoms with Gasteiger partial charge in [0.1, 0.15) is 11.2 Å². The highest BCUT2D eigenvalue weighted by atomic mass is 16.7. The molecule has 1 saturated heterocycles. The Balaban J connectivity index is 1.63. The number of hydrogen-bond acceptors (Lipinski definition) is 4. The molecule has 0 aliphatic carbocycles. The van der Waals surface area contributed by atoms with Crippen LogP contribution in [0.1, 0.15) is 27.7 Å². The Morgan fingerprint density at radius 2 is 1.54 bits per heavy atom. The molecule has 1 fully saturated rings. The first-order valence-corrected chi connectivity index (χ1v) is 9.57. The molecule has 0 spiro atoms. The highest BCUT2D eigenvalue weighted by molar-refractivity contribution is 6.62. The maximum absolute atomic E-state index is 6.20. The zero-order valence-electron chi connectivity index (χ0n) is 16.5. The van der Waals surface area contributed by atoms with Crippen molar-refractivity contribution in [3.05, 3.63) is 60.9 Å². The third-order valence-corrected chi connectivity index (χ3v) is 6.00. The minimum atomic E-state index is -0.433. The van der Waals surface area contributed by atoms with E-state index in [1.807, 2.05) is 42.7 Å². The van der Waals surface area contributed by atoms with Gasteiger partial charge in [0.05, 0.1) is 11.2 Å². The molecule has 4 aromatic rings. The van der Waals surface area contributed by atoms with Crippen LogP contribution in [0.25, 0.3) is 33.1 Å². The van der Waals surface area contributed by atoms with Gasteiger partial charge in [0, 0.05) is 34.2 Å². The molecule has 0 unspecified atom stereocenters. The predicted molar refractivity (Wildman–Crippen MR) is 113 cm³/mol. The number of nitrogens with zero attached hydrogens (tertiary/aromatic N) is 1. The molecule has 5 heteroatoms. The smallest absolute Gasteiger partial charge is 0.456 e. The third kappa shape index (κ3) is 2.58. The van der Waals surface area contributed by atoms with E-state index in [-0.39, 0.29) is 11.2 Å². The zero-order chi connectivity index (χ0) is 19.5. The molecule has 140 valence electrons. The molecule has 0 radical (unpaired) electrons. The van der Waals surface area contributed by atoms with Gasteiger partial charge in [-0.05, 0) is 45.4 Å². The van der Waals surface area contributed by atoms with Crippen LogP contribution in [-0.4, -0.2) is 23.3 Å². The second-order valence-electron chi connectivity index (χ2n) is 8.37. The molecule has 4 nitrogen and oxygen atoms in total. The van der Waals surface area contributed by atoms with Crippen molar-refractivity contribution in [3.63, 3.8) is 0 Å².